The number of aromatic nitrogens is 1. The van der Waals surface area contributed by atoms with Crippen LogP contribution in [-0.4, -0.2) is 60.3 Å². The second-order valence-corrected chi connectivity index (χ2v) is 5.03. The normalized spacial score (nSPS) is 18.6. The molecule has 3 N–H and O–H groups in total. The average Bonchev–Trinajstić information content (AvgIpc) is 2.56. The summed E-state index contributed by atoms with van der Waals surface area (Å²) in [7, 11) is 1.62. The Kier molecular flexibility index (Phi) is 5.21. The van der Waals surface area contributed by atoms with Crippen LogP contribution in [0.15, 0.2) is 23.5 Å². The number of hydrogen-bond donors (Lipinski definition) is 2. The van der Waals surface area contributed by atoms with Gasteiger partial charge in [-0.15, -0.1) is 0 Å². The molecule has 1 aliphatic heterocycles. The third-order valence-corrected chi connectivity index (χ3v) is 3.89. The molecule has 1 aliphatic rings. The van der Waals surface area contributed by atoms with E-state index in [4.69, 9.17) is 15.7 Å². The molecule has 1 fully saturated rings. The van der Waals surface area contributed by atoms with E-state index in [1.54, 1.807) is 13.3 Å². The Morgan fingerprint density at radius 3 is 2.76 bits per heavy atom. The van der Waals surface area contributed by atoms with Gasteiger partial charge in [-0.25, -0.2) is 4.98 Å². The highest BCUT2D eigenvalue weighted by Crippen LogP contribution is 2.21. The minimum atomic E-state index is 0.00382. The van der Waals surface area contributed by atoms with E-state index in [1.165, 1.54) is 0 Å². The quantitative estimate of drug-likeness (QED) is 0.360. The number of anilines is 1. The van der Waals surface area contributed by atoms with Crippen molar-refractivity contribution in [3.05, 3.63) is 18.3 Å². The Balaban J connectivity index is 1.99. The molecule has 0 amide bonds. The maximum atomic E-state index is 8.86. The van der Waals surface area contributed by atoms with Gasteiger partial charge in [0.05, 0.1) is 13.2 Å². The van der Waals surface area contributed by atoms with Crippen LogP contribution >= 0.6 is 0 Å². The molecule has 0 radical (unpaired) electrons. The van der Waals surface area contributed by atoms with Crippen molar-refractivity contribution in [1.29, 1.82) is 0 Å². The van der Waals surface area contributed by atoms with Crippen LogP contribution in [0.3, 0.4) is 0 Å². The summed E-state index contributed by atoms with van der Waals surface area (Å²) in [6, 6.07) is 3.93. The minimum Gasteiger partial charge on any atom is -0.481 e. The highest BCUT2D eigenvalue weighted by Gasteiger charge is 2.25. The van der Waals surface area contributed by atoms with Gasteiger partial charge in [0.1, 0.15) is 0 Å². The fourth-order valence-corrected chi connectivity index (χ4v) is 2.72. The lowest BCUT2D eigenvalue weighted by Gasteiger charge is -2.39. The molecule has 0 aliphatic carbocycles. The molecule has 0 spiro atoms. The van der Waals surface area contributed by atoms with Crippen LogP contribution in [0, 0.1) is 0 Å². The molecule has 0 aromatic carbocycles. The van der Waals surface area contributed by atoms with Gasteiger partial charge in [0.15, 0.2) is 5.84 Å². The molecule has 1 atom stereocenters. The van der Waals surface area contributed by atoms with Crippen LogP contribution in [0.1, 0.15) is 13.3 Å². The van der Waals surface area contributed by atoms with Crippen molar-refractivity contribution in [3.63, 3.8) is 0 Å². The molecular weight excluding hydrogens is 270 g/mol. The van der Waals surface area contributed by atoms with Gasteiger partial charge in [-0.3, -0.25) is 4.90 Å². The lowest BCUT2D eigenvalue weighted by atomic mass is 10.1. The Morgan fingerprint density at radius 1 is 1.48 bits per heavy atom. The molecular formula is C14H23N5O2. The molecule has 2 rings (SSSR count). The molecule has 2 heterocycles. The first-order chi connectivity index (χ1) is 10.2. The molecule has 7 heteroatoms. The van der Waals surface area contributed by atoms with E-state index in [-0.39, 0.29) is 11.9 Å². The Morgan fingerprint density at radius 2 is 2.19 bits per heavy atom. The topological polar surface area (TPSA) is 87.2 Å². The van der Waals surface area contributed by atoms with E-state index in [9.17, 15) is 0 Å². The summed E-state index contributed by atoms with van der Waals surface area (Å²) in [5, 5.41) is 12.0. The Hall–Kier alpha value is -2.02. The summed E-state index contributed by atoms with van der Waals surface area (Å²) in [5.74, 6) is 0.912. The first-order valence-electron chi connectivity index (χ1n) is 7.16. The van der Waals surface area contributed by atoms with E-state index in [0.29, 0.717) is 5.88 Å². The van der Waals surface area contributed by atoms with E-state index >= 15 is 0 Å². The fraction of sp³-hybridized carbons (Fsp3) is 0.571. The lowest BCUT2D eigenvalue weighted by molar-refractivity contribution is 0.216. The summed E-state index contributed by atoms with van der Waals surface area (Å²) < 4.78 is 5.16. The molecule has 1 unspecified atom stereocenters. The third-order valence-electron chi connectivity index (χ3n) is 3.89. The number of hydrogen-bond acceptors (Lipinski definition) is 6. The van der Waals surface area contributed by atoms with Crippen LogP contribution in [0.25, 0.3) is 0 Å². The molecule has 1 aromatic heterocycles. The number of nitrogens with two attached hydrogens (primary N) is 1. The van der Waals surface area contributed by atoms with E-state index in [0.717, 1.165) is 38.3 Å². The van der Waals surface area contributed by atoms with Crippen molar-refractivity contribution in [3.8, 4) is 5.88 Å². The molecule has 0 saturated carbocycles. The highest BCUT2D eigenvalue weighted by molar-refractivity contribution is 5.85. The van der Waals surface area contributed by atoms with Crippen molar-refractivity contribution in [2.45, 2.75) is 19.4 Å². The number of piperazine rings is 1. The van der Waals surface area contributed by atoms with Gasteiger partial charge in [-0.1, -0.05) is 12.1 Å². The SMILES string of the molecule is CCC(/C(N)=N/O)N1CCN(c2ccnc(OC)c2)CC1. The minimum absolute atomic E-state index is 0.00382. The first kappa shape index (κ1) is 15.4. The van der Waals surface area contributed by atoms with Gasteiger partial charge in [-0.05, 0) is 12.5 Å². The number of amidine groups is 1. The van der Waals surface area contributed by atoms with Crippen molar-refractivity contribution in [2.75, 3.05) is 38.2 Å². The van der Waals surface area contributed by atoms with Crippen LogP contribution in [0.4, 0.5) is 5.69 Å². The van der Waals surface area contributed by atoms with E-state index in [2.05, 4.69) is 19.9 Å². The second-order valence-electron chi connectivity index (χ2n) is 5.03. The van der Waals surface area contributed by atoms with Crippen molar-refractivity contribution >= 4 is 11.5 Å². The second kappa shape index (κ2) is 7.12. The predicted molar refractivity (Wildman–Crippen MR) is 82.1 cm³/mol. The van der Waals surface area contributed by atoms with E-state index < -0.39 is 0 Å². The number of pyridine rings is 1. The van der Waals surface area contributed by atoms with E-state index in [1.807, 2.05) is 19.1 Å². The molecule has 0 bridgehead atoms. The number of nitrogens with zero attached hydrogens (tertiary/aromatic N) is 4. The van der Waals surface area contributed by atoms with Gasteiger partial charge in [0.2, 0.25) is 5.88 Å². The van der Waals surface area contributed by atoms with Crippen molar-refractivity contribution in [2.24, 2.45) is 10.9 Å². The summed E-state index contributed by atoms with van der Waals surface area (Å²) >= 11 is 0. The zero-order chi connectivity index (χ0) is 15.2. The zero-order valence-corrected chi connectivity index (χ0v) is 12.6. The number of methoxy groups -OCH3 is 1. The largest absolute Gasteiger partial charge is 0.481 e. The summed E-state index contributed by atoms with van der Waals surface area (Å²) in [6.45, 7) is 5.58. The smallest absolute Gasteiger partial charge is 0.214 e. The molecule has 7 nitrogen and oxygen atoms in total. The van der Waals surface area contributed by atoms with Gasteiger partial charge in [-0.2, -0.15) is 0 Å². The van der Waals surface area contributed by atoms with Crippen LogP contribution in [0.2, 0.25) is 0 Å². The van der Waals surface area contributed by atoms with Gasteiger partial charge in [0, 0.05) is 44.1 Å². The maximum absolute atomic E-state index is 8.86. The number of rotatable bonds is 5. The van der Waals surface area contributed by atoms with Crippen molar-refractivity contribution in [1.82, 2.24) is 9.88 Å². The van der Waals surface area contributed by atoms with Gasteiger partial charge < -0.3 is 20.6 Å². The predicted octanol–water partition coefficient (Wildman–Crippen LogP) is 0.737. The Labute approximate surface area is 125 Å². The number of ether oxygens (including phenoxy) is 1. The Bertz CT molecular complexity index is 486. The summed E-state index contributed by atoms with van der Waals surface area (Å²) in [4.78, 5) is 8.67. The zero-order valence-electron chi connectivity index (χ0n) is 12.6. The standard InChI is InChI=1S/C14H23N5O2/c1-3-12(14(15)17-20)19-8-6-18(7-9-19)11-4-5-16-13(10-11)21-2/h4-5,10,12,20H,3,6-9H2,1-2H3,(H2,15,17). The molecule has 1 saturated heterocycles. The van der Waals surface area contributed by atoms with Crippen LogP contribution < -0.4 is 15.4 Å². The van der Waals surface area contributed by atoms with Crippen LogP contribution in [-0.2, 0) is 0 Å². The number of oxime groups is 1. The monoisotopic (exact) mass is 293 g/mol. The molecule has 116 valence electrons. The lowest BCUT2D eigenvalue weighted by Crippen LogP contribution is -2.54. The first-order valence-corrected chi connectivity index (χ1v) is 7.16. The summed E-state index contributed by atoms with van der Waals surface area (Å²) in [6.07, 6.45) is 2.59. The highest BCUT2D eigenvalue weighted by atomic mass is 16.5. The fourth-order valence-electron chi connectivity index (χ4n) is 2.72. The molecule has 1 aromatic rings. The van der Waals surface area contributed by atoms with Gasteiger partial charge in [0.25, 0.3) is 0 Å². The van der Waals surface area contributed by atoms with Gasteiger partial charge >= 0.3 is 0 Å². The maximum Gasteiger partial charge on any atom is 0.214 e. The van der Waals surface area contributed by atoms with Crippen molar-refractivity contribution < 1.29 is 9.94 Å². The average molecular weight is 293 g/mol. The van der Waals surface area contributed by atoms with Crippen LogP contribution in [0.5, 0.6) is 5.88 Å². The summed E-state index contributed by atoms with van der Waals surface area (Å²) in [5.41, 5.74) is 6.87. The molecule has 21 heavy (non-hydrogen) atoms. The third kappa shape index (κ3) is 3.55.